The van der Waals surface area contributed by atoms with Crippen LogP contribution in [0, 0.1) is 17.1 Å². The summed E-state index contributed by atoms with van der Waals surface area (Å²) in [7, 11) is 2.27. The van der Waals surface area contributed by atoms with Gasteiger partial charge in [-0.3, -0.25) is 4.90 Å². The minimum atomic E-state index is -0.433. The lowest BCUT2D eigenvalue weighted by Crippen LogP contribution is -2.41. The smallest absolute Gasteiger partial charge is 0.141 e. The number of hydrogen-bond acceptors (Lipinski definition) is 3. The van der Waals surface area contributed by atoms with Gasteiger partial charge < -0.3 is 5.32 Å². The molecule has 30 heavy (non-hydrogen) atoms. The Morgan fingerprint density at radius 1 is 1.20 bits per heavy atom. The summed E-state index contributed by atoms with van der Waals surface area (Å²) in [5, 5.41) is 12.7. The molecule has 2 aromatic carbocycles. The van der Waals surface area contributed by atoms with E-state index in [0.29, 0.717) is 24.0 Å². The summed E-state index contributed by atoms with van der Waals surface area (Å²) in [6.07, 6.45) is 5.78. The van der Waals surface area contributed by atoms with Crippen LogP contribution >= 0.6 is 0 Å². The Kier molecular flexibility index (Phi) is 6.22. The standard InChI is InChI=1S/C26H32FN3/c1-4-25-24(29-5-2)15-21(30(25)3)13-19-7-6-8-22(26(19)17-9-10-17)18-11-12-20(16-28)23(27)14-18/h6-8,11-12,14,17,21,24-25,29H,4-5,9-10,13,15H2,1-3H3/t21?,24-,25?/m1/s1. The Morgan fingerprint density at radius 2 is 2.00 bits per heavy atom. The van der Waals surface area contributed by atoms with E-state index in [1.165, 1.54) is 36.5 Å². The molecular weight excluding hydrogens is 373 g/mol. The zero-order chi connectivity index (χ0) is 21.3. The maximum atomic E-state index is 14.3. The summed E-state index contributed by atoms with van der Waals surface area (Å²) in [6.45, 7) is 5.48. The van der Waals surface area contributed by atoms with Crippen LogP contribution in [0.5, 0.6) is 0 Å². The number of benzene rings is 2. The van der Waals surface area contributed by atoms with Crippen LogP contribution in [-0.2, 0) is 6.42 Å². The first kappa shape index (κ1) is 21.0. The van der Waals surface area contributed by atoms with E-state index < -0.39 is 5.82 Å². The van der Waals surface area contributed by atoms with Crippen LogP contribution in [0.2, 0.25) is 0 Å². The van der Waals surface area contributed by atoms with E-state index in [4.69, 9.17) is 5.26 Å². The summed E-state index contributed by atoms with van der Waals surface area (Å²) >= 11 is 0. The minimum Gasteiger partial charge on any atom is -0.313 e. The van der Waals surface area contributed by atoms with Gasteiger partial charge in [0.25, 0.3) is 0 Å². The second-order valence-corrected chi connectivity index (χ2v) is 8.86. The van der Waals surface area contributed by atoms with Gasteiger partial charge in [-0.1, -0.05) is 38.1 Å². The molecule has 0 spiro atoms. The summed E-state index contributed by atoms with van der Waals surface area (Å²) in [5.41, 5.74) is 4.93. The Hall–Kier alpha value is -2.22. The molecule has 1 saturated heterocycles. The van der Waals surface area contributed by atoms with Gasteiger partial charge in [0.15, 0.2) is 0 Å². The minimum absolute atomic E-state index is 0.107. The number of nitrogens with one attached hydrogen (secondary N) is 1. The van der Waals surface area contributed by atoms with E-state index in [1.807, 2.05) is 12.1 Å². The molecule has 0 amide bonds. The normalized spacial score (nSPS) is 24.2. The third-order valence-electron chi connectivity index (χ3n) is 7.01. The second-order valence-electron chi connectivity index (χ2n) is 8.86. The molecule has 3 nitrogen and oxygen atoms in total. The maximum absolute atomic E-state index is 14.3. The van der Waals surface area contributed by atoms with Crippen molar-refractivity contribution in [3.63, 3.8) is 0 Å². The van der Waals surface area contributed by atoms with Gasteiger partial charge in [0, 0.05) is 18.1 Å². The second kappa shape index (κ2) is 8.88. The largest absolute Gasteiger partial charge is 0.313 e. The van der Waals surface area contributed by atoms with Crippen LogP contribution in [0.1, 0.15) is 62.1 Å². The number of nitriles is 1. The van der Waals surface area contributed by atoms with Crippen molar-refractivity contribution in [1.82, 2.24) is 10.2 Å². The fourth-order valence-electron chi connectivity index (χ4n) is 5.38. The molecular formula is C26H32FN3. The van der Waals surface area contributed by atoms with Gasteiger partial charge in [-0.25, -0.2) is 4.39 Å². The molecule has 1 heterocycles. The third-order valence-corrected chi connectivity index (χ3v) is 7.01. The van der Waals surface area contributed by atoms with E-state index >= 15 is 0 Å². The molecule has 158 valence electrons. The number of nitrogens with zero attached hydrogens (tertiary/aromatic N) is 2. The molecule has 2 aliphatic rings. The first-order valence-corrected chi connectivity index (χ1v) is 11.3. The van der Waals surface area contributed by atoms with E-state index in [0.717, 1.165) is 30.5 Å². The molecule has 2 fully saturated rings. The van der Waals surface area contributed by atoms with E-state index in [9.17, 15) is 4.39 Å². The highest BCUT2D eigenvalue weighted by Crippen LogP contribution is 2.47. The van der Waals surface area contributed by atoms with Gasteiger partial charge in [0.1, 0.15) is 11.9 Å². The molecule has 0 radical (unpaired) electrons. The molecule has 4 rings (SSSR count). The van der Waals surface area contributed by atoms with Gasteiger partial charge in [-0.05, 0) is 86.0 Å². The van der Waals surface area contributed by atoms with Crippen LogP contribution < -0.4 is 5.32 Å². The van der Waals surface area contributed by atoms with Crippen molar-refractivity contribution in [2.75, 3.05) is 13.6 Å². The lowest BCUT2D eigenvalue weighted by molar-refractivity contribution is 0.223. The lowest BCUT2D eigenvalue weighted by Gasteiger charge is -2.27. The molecule has 1 aliphatic carbocycles. The van der Waals surface area contributed by atoms with Crippen LogP contribution in [0.15, 0.2) is 36.4 Å². The highest BCUT2D eigenvalue weighted by Gasteiger charge is 2.38. The Bertz CT molecular complexity index is 944. The van der Waals surface area contributed by atoms with Gasteiger partial charge >= 0.3 is 0 Å². The molecule has 2 unspecified atom stereocenters. The number of likely N-dealkylation sites (N-methyl/N-ethyl adjacent to an activating group) is 2. The number of halogens is 1. The van der Waals surface area contributed by atoms with Crippen LogP contribution in [0.4, 0.5) is 4.39 Å². The molecule has 0 aromatic heterocycles. The average Bonchev–Trinajstić information content (AvgIpc) is 3.54. The van der Waals surface area contributed by atoms with E-state index in [2.05, 4.69) is 49.3 Å². The summed E-state index contributed by atoms with van der Waals surface area (Å²) < 4.78 is 14.3. The number of hydrogen-bond donors (Lipinski definition) is 1. The fourth-order valence-corrected chi connectivity index (χ4v) is 5.38. The maximum Gasteiger partial charge on any atom is 0.141 e. The topological polar surface area (TPSA) is 39.1 Å². The first-order valence-electron chi connectivity index (χ1n) is 11.3. The summed E-state index contributed by atoms with van der Waals surface area (Å²) in [5.74, 6) is 0.144. The van der Waals surface area contributed by atoms with Crippen molar-refractivity contribution in [3.8, 4) is 17.2 Å². The van der Waals surface area contributed by atoms with Crippen molar-refractivity contribution in [3.05, 3.63) is 58.9 Å². The fraction of sp³-hybridized carbons (Fsp3) is 0.500. The van der Waals surface area contributed by atoms with E-state index in [1.54, 1.807) is 6.07 Å². The molecule has 0 bridgehead atoms. The van der Waals surface area contributed by atoms with Crippen molar-refractivity contribution in [2.45, 2.75) is 70.0 Å². The van der Waals surface area contributed by atoms with Crippen molar-refractivity contribution < 1.29 is 4.39 Å². The van der Waals surface area contributed by atoms with Gasteiger partial charge in [0.05, 0.1) is 5.56 Å². The summed E-state index contributed by atoms with van der Waals surface area (Å²) in [4.78, 5) is 2.57. The quantitative estimate of drug-likeness (QED) is 0.684. The third kappa shape index (κ3) is 4.02. The monoisotopic (exact) mass is 405 g/mol. The zero-order valence-electron chi connectivity index (χ0n) is 18.3. The molecule has 1 saturated carbocycles. The Labute approximate surface area is 179 Å². The van der Waals surface area contributed by atoms with Gasteiger partial charge in [-0.15, -0.1) is 0 Å². The lowest BCUT2D eigenvalue weighted by atomic mass is 9.88. The van der Waals surface area contributed by atoms with Gasteiger partial charge in [0.2, 0.25) is 0 Å². The van der Waals surface area contributed by atoms with Crippen LogP contribution in [0.25, 0.3) is 11.1 Å². The zero-order valence-corrected chi connectivity index (χ0v) is 18.3. The SMILES string of the molecule is CCN[C@@H]1CC(Cc2cccc(-c3ccc(C#N)c(F)c3)c2C2CC2)N(C)C1CC. The summed E-state index contributed by atoms with van der Waals surface area (Å²) in [6, 6.07) is 15.1. The van der Waals surface area contributed by atoms with Crippen molar-refractivity contribution >= 4 is 0 Å². The molecule has 3 atom stereocenters. The Morgan fingerprint density at radius 3 is 2.63 bits per heavy atom. The number of rotatable bonds is 7. The van der Waals surface area contributed by atoms with Crippen LogP contribution in [-0.4, -0.2) is 36.6 Å². The molecule has 2 aromatic rings. The first-order chi connectivity index (χ1) is 14.6. The Balaban J connectivity index is 1.66. The number of likely N-dealkylation sites (tertiary alicyclic amines) is 1. The van der Waals surface area contributed by atoms with Crippen LogP contribution in [0.3, 0.4) is 0 Å². The molecule has 1 N–H and O–H groups in total. The van der Waals surface area contributed by atoms with Crippen molar-refractivity contribution in [2.24, 2.45) is 0 Å². The highest BCUT2D eigenvalue weighted by atomic mass is 19.1. The average molecular weight is 406 g/mol. The van der Waals surface area contributed by atoms with E-state index in [-0.39, 0.29) is 5.56 Å². The predicted molar refractivity (Wildman–Crippen MR) is 120 cm³/mol. The van der Waals surface area contributed by atoms with Gasteiger partial charge in [-0.2, -0.15) is 5.26 Å². The molecule has 4 heteroatoms. The highest BCUT2D eigenvalue weighted by molar-refractivity contribution is 5.71. The van der Waals surface area contributed by atoms with Crippen molar-refractivity contribution in [1.29, 1.82) is 5.26 Å². The predicted octanol–water partition coefficient (Wildman–Crippen LogP) is 5.25. The molecule has 1 aliphatic heterocycles.